The minimum Gasteiger partial charge on any atom is -0.497 e. The van der Waals surface area contributed by atoms with Crippen LogP contribution in [0.4, 0.5) is 0 Å². The van der Waals surface area contributed by atoms with Crippen molar-refractivity contribution in [3.8, 4) is 5.75 Å². The highest BCUT2D eigenvalue weighted by molar-refractivity contribution is 5.87. The Morgan fingerprint density at radius 1 is 1.13 bits per heavy atom. The molecule has 0 amide bonds. The molecule has 1 aromatic rings. The predicted molar refractivity (Wildman–Crippen MR) is 95.5 cm³/mol. The first-order chi connectivity index (χ1) is 11.2. The zero-order valence-electron chi connectivity index (χ0n) is 14.7. The van der Waals surface area contributed by atoms with Crippen LogP contribution in [0, 0.1) is 5.92 Å². The average Bonchev–Trinajstić information content (AvgIpc) is 2.59. The molecular weight excluding hydrogens is 288 g/mol. The van der Waals surface area contributed by atoms with Crippen LogP contribution in [0.3, 0.4) is 0 Å². The Bertz CT molecular complexity index is 462. The summed E-state index contributed by atoms with van der Waals surface area (Å²) in [5.41, 5.74) is 0.953. The van der Waals surface area contributed by atoms with Gasteiger partial charge in [0.1, 0.15) is 5.75 Å². The molecule has 128 valence electrons. The van der Waals surface area contributed by atoms with E-state index in [1.54, 1.807) is 13.2 Å². The summed E-state index contributed by atoms with van der Waals surface area (Å²) in [6.45, 7) is 4.90. The molecule has 1 aromatic carbocycles. The van der Waals surface area contributed by atoms with E-state index < -0.39 is 0 Å². The standard InChI is InChI=1S/C20H30O3/c1-4-6-7-8-9-17(5-2)16-23-20(21)15-12-18-10-13-19(22-3)14-11-18/h10-15,17H,4-9,16H2,1-3H3/b15-12+. The van der Waals surface area contributed by atoms with Crippen molar-refractivity contribution >= 4 is 12.0 Å². The van der Waals surface area contributed by atoms with Gasteiger partial charge < -0.3 is 9.47 Å². The van der Waals surface area contributed by atoms with Crippen LogP contribution in [-0.4, -0.2) is 19.7 Å². The Morgan fingerprint density at radius 2 is 1.87 bits per heavy atom. The third-order valence-corrected chi connectivity index (χ3v) is 4.03. The lowest BCUT2D eigenvalue weighted by atomic mass is 9.99. The molecule has 3 nitrogen and oxygen atoms in total. The molecule has 0 radical (unpaired) electrons. The number of esters is 1. The molecule has 0 heterocycles. The molecule has 0 aliphatic heterocycles. The summed E-state index contributed by atoms with van der Waals surface area (Å²) >= 11 is 0. The molecule has 1 atom stereocenters. The maximum atomic E-state index is 11.8. The third-order valence-electron chi connectivity index (χ3n) is 4.03. The molecule has 1 unspecified atom stereocenters. The Morgan fingerprint density at radius 3 is 2.48 bits per heavy atom. The molecular formula is C20H30O3. The largest absolute Gasteiger partial charge is 0.497 e. The molecule has 0 aliphatic carbocycles. The van der Waals surface area contributed by atoms with Crippen LogP contribution < -0.4 is 4.74 Å². The van der Waals surface area contributed by atoms with Crippen molar-refractivity contribution in [1.82, 2.24) is 0 Å². The van der Waals surface area contributed by atoms with Crippen LogP contribution in [0.2, 0.25) is 0 Å². The van der Waals surface area contributed by atoms with E-state index in [1.165, 1.54) is 31.8 Å². The normalized spacial score (nSPS) is 12.3. The van der Waals surface area contributed by atoms with E-state index in [4.69, 9.17) is 9.47 Å². The zero-order chi connectivity index (χ0) is 16.9. The van der Waals surface area contributed by atoms with E-state index in [0.29, 0.717) is 12.5 Å². The lowest BCUT2D eigenvalue weighted by molar-refractivity contribution is -0.139. The number of methoxy groups -OCH3 is 1. The van der Waals surface area contributed by atoms with Crippen molar-refractivity contribution in [2.75, 3.05) is 13.7 Å². The summed E-state index contributed by atoms with van der Waals surface area (Å²) in [5.74, 6) is 1.01. The number of carbonyl (C=O) groups is 1. The summed E-state index contributed by atoms with van der Waals surface area (Å²) in [5, 5.41) is 0. The van der Waals surface area contributed by atoms with Gasteiger partial charge in [-0.15, -0.1) is 0 Å². The second-order valence-electron chi connectivity index (χ2n) is 5.86. The Balaban J connectivity index is 2.32. The van der Waals surface area contributed by atoms with Gasteiger partial charge in [0.15, 0.2) is 0 Å². The number of unbranched alkanes of at least 4 members (excludes halogenated alkanes) is 3. The number of benzene rings is 1. The minimum absolute atomic E-state index is 0.271. The Hall–Kier alpha value is -1.77. The van der Waals surface area contributed by atoms with Gasteiger partial charge in [-0.05, 0) is 36.1 Å². The van der Waals surface area contributed by atoms with E-state index in [1.807, 2.05) is 24.3 Å². The highest BCUT2D eigenvalue weighted by Crippen LogP contribution is 2.15. The monoisotopic (exact) mass is 318 g/mol. The van der Waals surface area contributed by atoms with Gasteiger partial charge in [-0.3, -0.25) is 0 Å². The summed E-state index contributed by atoms with van der Waals surface area (Å²) in [6.07, 6.45) is 10.5. The smallest absolute Gasteiger partial charge is 0.330 e. The molecule has 3 heteroatoms. The Labute approximate surface area is 140 Å². The van der Waals surface area contributed by atoms with Crippen molar-refractivity contribution in [2.24, 2.45) is 5.92 Å². The summed E-state index contributed by atoms with van der Waals surface area (Å²) in [7, 11) is 1.63. The van der Waals surface area contributed by atoms with E-state index >= 15 is 0 Å². The second-order valence-corrected chi connectivity index (χ2v) is 5.86. The van der Waals surface area contributed by atoms with Crippen LogP contribution in [0.25, 0.3) is 6.08 Å². The first-order valence-electron chi connectivity index (χ1n) is 8.68. The average molecular weight is 318 g/mol. The molecule has 0 aromatic heterocycles. The predicted octanol–water partition coefficient (Wildman–Crippen LogP) is 5.25. The topological polar surface area (TPSA) is 35.5 Å². The molecule has 0 bridgehead atoms. The fourth-order valence-corrected chi connectivity index (χ4v) is 2.39. The molecule has 0 saturated heterocycles. The Kier molecular flexibility index (Phi) is 9.85. The fourth-order valence-electron chi connectivity index (χ4n) is 2.39. The molecule has 0 N–H and O–H groups in total. The van der Waals surface area contributed by atoms with Gasteiger partial charge in [0, 0.05) is 6.08 Å². The van der Waals surface area contributed by atoms with E-state index in [2.05, 4.69) is 13.8 Å². The van der Waals surface area contributed by atoms with Gasteiger partial charge in [-0.25, -0.2) is 4.79 Å². The molecule has 0 spiro atoms. The molecule has 1 rings (SSSR count). The summed E-state index contributed by atoms with van der Waals surface area (Å²) in [4.78, 5) is 11.8. The number of hydrogen-bond donors (Lipinski definition) is 0. The molecule has 23 heavy (non-hydrogen) atoms. The maximum Gasteiger partial charge on any atom is 0.330 e. The summed E-state index contributed by atoms with van der Waals surface area (Å²) in [6, 6.07) is 7.55. The molecule has 0 saturated carbocycles. The van der Waals surface area contributed by atoms with Crippen LogP contribution in [-0.2, 0) is 9.53 Å². The third kappa shape index (κ3) is 8.44. The zero-order valence-corrected chi connectivity index (χ0v) is 14.7. The van der Waals surface area contributed by atoms with E-state index in [9.17, 15) is 4.79 Å². The van der Waals surface area contributed by atoms with Gasteiger partial charge in [0.25, 0.3) is 0 Å². The maximum absolute atomic E-state index is 11.8. The molecule has 0 aliphatic rings. The molecule has 0 fully saturated rings. The van der Waals surface area contributed by atoms with Crippen molar-refractivity contribution in [3.05, 3.63) is 35.9 Å². The van der Waals surface area contributed by atoms with Crippen LogP contribution in [0.1, 0.15) is 57.9 Å². The van der Waals surface area contributed by atoms with Crippen LogP contribution in [0.5, 0.6) is 5.75 Å². The van der Waals surface area contributed by atoms with E-state index in [0.717, 1.165) is 24.2 Å². The van der Waals surface area contributed by atoms with Gasteiger partial charge in [-0.1, -0.05) is 58.1 Å². The van der Waals surface area contributed by atoms with Gasteiger partial charge in [0.2, 0.25) is 0 Å². The lowest BCUT2D eigenvalue weighted by Gasteiger charge is -2.14. The van der Waals surface area contributed by atoms with Crippen molar-refractivity contribution in [2.45, 2.75) is 52.4 Å². The fraction of sp³-hybridized carbons (Fsp3) is 0.550. The van der Waals surface area contributed by atoms with Crippen molar-refractivity contribution in [3.63, 3.8) is 0 Å². The lowest BCUT2D eigenvalue weighted by Crippen LogP contribution is -2.12. The SMILES string of the molecule is CCCCCCC(CC)COC(=O)/C=C/c1ccc(OC)cc1. The van der Waals surface area contributed by atoms with Gasteiger partial charge >= 0.3 is 5.97 Å². The van der Waals surface area contributed by atoms with Crippen LogP contribution in [0.15, 0.2) is 30.3 Å². The highest BCUT2D eigenvalue weighted by Gasteiger charge is 2.08. The quantitative estimate of drug-likeness (QED) is 0.317. The number of carbonyl (C=O) groups excluding carboxylic acids is 1. The highest BCUT2D eigenvalue weighted by atomic mass is 16.5. The van der Waals surface area contributed by atoms with Gasteiger partial charge in [0.05, 0.1) is 13.7 Å². The van der Waals surface area contributed by atoms with Crippen LogP contribution >= 0.6 is 0 Å². The number of rotatable bonds is 11. The van der Waals surface area contributed by atoms with Crippen molar-refractivity contribution in [1.29, 1.82) is 0 Å². The first kappa shape index (κ1) is 19.3. The van der Waals surface area contributed by atoms with E-state index in [-0.39, 0.29) is 5.97 Å². The number of ether oxygens (including phenoxy) is 2. The second kappa shape index (κ2) is 11.8. The first-order valence-corrected chi connectivity index (χ1v) is 8.68. The minimum atomic E-state index is -0.271. The van der Waals surface area contributed by atoms with Gasteiger partial charge in [-0.2, -0.15) is 0 Å². The van der Waals surface area contributed by atoms with Crippen molar-refractivity contribution < 1.29 is 14.3 Å². The number of hydrogen-bond acceptors (Lipinski definition) is 3. The summed E-state index contributed by atoms with van der Waals surface area (Å²) < 4.78 is 10.5.